The van der Waals surface area contributed by atoms with Gasteiger partial charge in [0, 0.05) is 38.4 Å². The SMILES string of the molecule is Cc1cc(Nc2nccc(C(=O)N3CCN(C=O)CC3)n2)no1. The first kappa shape index (κ1) is 14.9. The number of aromatic nitrogens is 3. The Balaban J connectivity index is 1.69. The van der Waals surface area contributed by atoms with E-state index in [9.17, 15) is 9.59 Å². The highest BCUT2D eigenvalue weighted by molar-refractivity contribution is 5.92. The van der Waals surface area contributed by atoms with Crippen molar-refractivity contribution >= 4 is 24.1 Å². The summed E-state index contributed by atoms with van der Waals surface area (Å²) in [5.41, 5.74) is 0.294. The van der Waals surface area contributed by atoms with Crippen molar-refractivity contribution < 1.29 is 14.1 Å². The minimum atomic E-state index is -0.183. The van der Waals surface area contributed by atoms with E-state index in [4.69, 9.17) is 4.52 Å². The molecule has 0 spiro atoms. The normalized spacial score (nSPS) is 14.7. The quantitative estimate of drug-likeness (QED) is 0.816. The molecule has 0 unspecified atom stereocenters. The second-order valence-corrected chi connectivity index (χ2v) is 5.15. The second kappa shape index (κ2) is 6.42. The van der Waals surface area contributed by atoms with E-state index in [1.165, 1.54) is 6.20 Å². The summed E-state index contributed by atoms with van der Waals surface area (Å²) in [4.78, 5) is 34.8. The van der Waals surface area contributed by atoms with Crippen LogP contribution < -0.4 is 5.32 Å². The molecule has 2 aromatic rings. The van der Waals surface area contributed by atoms with Crippen molar-refractivity contribution in [3.05, 3.63) is 29.8 Å². The van der Waals surface area contributed by atoms with Crippen molar-refractivity contribution in [1.29, 1.82) is 0 Å². The lowest BCUT2D eigenvalue weighted by atomic mass is 10.3. The fourth-order valence-electron chi connectivity index (χ4n) is 2.27. The van der Waals surface area contributed by atoms with Crippen LogP contribution in [0.3, 0.4) is 0 Å². The third-order valence-corrected chi connectivity index (χ3v) is 3.49. The van der Waals surface area contributed by atoms with Crippen molar-refractivity contribution in [1.82, 2.24) is 24.9 Å². The van der Waals surface area contributed by atoms with Gasteiger partial charge < -0.3 is 19.6 Å². The highest BCUT2D eigenvalue weighted by atomic mass is 16.5. The van der Waals surface area contributed by atoms with Gasteiger partial charge in [-0.2, -0.15) is 0 Å². The molecule has 2 aromatic heterocycles. The molecule has 2 amide bonds. The average molecular weight is 316 g/mol. The van der Waals surface area contributed by atoms with Crippen LogP contribution in [0.2, 0.25) is 0 Å². The minimum Gasteiger partial charge on any atom is -0.360 e. The standard InChI is InChI=1S/C14H16N6O3/c1-10-8-12(18-23-10)17-14-15-3-2-11(16-14)13(22)20-6-4-19(9-21)5-7-20/h2-3,8-9H,4-7H2,1H3,(H,15,16,17,18). The summed E-state index contributed by atoms with van der Waals surface area (Å²) in [6, 6.07) is 3.27. The third-order valence-electron chi connectivity index (χ3n) is 3.49. The predicted molar refractivity (Wildman–Crippen MR) is 80.1 cm³/mol. The Labute approximate surface area is 132 Å². The van der Waals surface area contributed by atoms with E-state index in [-0.39, 0.29) is 11.9 Å². The molecule has 0 aromatic carbocycles. The van der Waals surface area contributed by atoms with Crippen molar-refractivity contribution in [2.75, 3.05) is 31.5 Å². The highest BCUT2D eigenvalue weighted by Crippen LogP contribution is 2.13. The predicted octanol–water partition coefficient (Wildman–Crippen LogP) is 0.431. The van der Waals surface area contributed by atoms with Gasteiger partial charge in [0.2, 0.25) is 12.4 Å². The fourth-order valence-corrected chi connectivity index (χ4v) is 2.27. The smallest absolute Gasteiger partial charge is 0.272 e. The fraction of sp³-hybridized carbons (Fsp3) is 0.357. The molecule has 0 atom stereocenters. The molecular formula is C14H16N6O3. The molecule has 23 heavy (non-hydrogen) atoms. The lowest BCUT2D eigenvalue weighted by Gasteiger charge is -2.32. The van der Waals surface area contributed by atoms with Gasteiger partial charge in [-0.05, 0) is 13.0 Å². The van der Waals surface area contributed by atoms with E-state index < -0.39 is 0 Å². The Morgan fingerprint density at radius 2 is 2.13 bits per heavy atom. The van der Waals surface area contributed by atoms with Crippen LogP contribution in [0.4, 0.5) is 11.8 Å². The van der Waals surface area contributed by atoms with E-state index >= 15 is 0 Å². The van der Waals surface area contributed by atoms with E-state index in [1.54, 1.807) is 28.9 Å². The van der Waals surface area contributed by atoms with Crippen molar-refractivity contribution in [2.24, 2.45) is 0 Å². The van der Waals surface area contributed by atoms with Gasteiger partial charge in [-0.1, -0.05) is 5.16 Å². The number of hydrogen-bond donors (Lipinski definition) is 1. The molecule has 1 aliphatic heterocycles. The van der Waals surface area contributed by atoms with E-state index in [0.29, 0.717) is 43.5 Å². The Morgan fingerprint density at radius 1 is 1.35 bits per heavy atom. The molecule has 0 saturated carbocycles. The number of carbonyl (C=O) groups excluding carboxylic acids is 2. The first-order valence-electron chi connectivity index (χ1n) is 7.18. The third kappa shape index (κ3) is 3.44. The number of anilines is 2. The lowest BCUT2D eigenvalue weighted by molar-refractivity contribution is -0.119. The van der Waals surface area contributed by atoms with Crippen molar-refractivity contribution in [3.63, 3.8) is 0 Å². The molecule has 1 saturated heterocycles. The van der Waals surface area contributed by atoms with Crippen molar-refractivity contribution in [3.8, 4) is 0 Å². The first-order valence-corrected chi connectivity index (χ1v) is 7.18. The first-order chi connectivity index (χ1) is 11.2. The number of hydrogen-bond acceptors (Lipinski definition) is 7. The molecule has 0 bridgehead atoms. The largest absolute Gasteiger partial charge is 0.360 e. The number of amides is 2. The van der Waals surface area contributed by atoms with Gasteiger partial charge >= 0.3 is 0 Å². The maximum atomic E-state index is 12.5. The zero-order chi connectivity index (χ0) is 16.2. The Hall–Kier alpha value is -2.97. The van der Waals surface area contributed by atoms with Gasteiger partial charge in [0.05, 0.1) is 0 Å². The number of nitrogens with zero attached hydrogens (tertiary/aromatic N) is 5. The minimum absolute atomic E-state index is 0.183. The molecular weight excluding hydrogens is 300 g/mol. The maximum absolute atomic E-state index is 12.5. The molecule has 1 fully saturated rings. The van der Waals surface area contributed by atoms with Crippen LogP contribution in [0, 0.1) is 6.92 Å². The van der Waals surface area contributed by atoms with E-state index in [1.807, 2.05) is 0 Å². The van der Waals surface area contributed by atoms with Crippen molar-refractivity contribution in [2.45, 2.75) is 6.92 Å². The van der Waals surface area contributed by atoms with Crippen LogP contribution >= 0.6 is 0 Å². The number of piperazine rings is 1. The number of nitrogens with one attached hydrogen (secondary N) is 1. The Bertz CT molecular complexity index is 708. The number of carbonyl (C=O) groups is 2. The van der Waals surface area contributed by atoms with Crippen LogP contribution in [0.5, 0.6) is 0 Å². The van der Waals surface area contributed by atoms with E-state index in [2.05, 4.69) is 20.4 Å². The Kier molecular flexibility index (Phi) is 4.18. The summed E-state index contributed by atoms with van der Waals surface area (Å²) < 4.78 is 4.95. The average Bonchev–Trinajstić information content (AvgIpc) is 2.99. The summed E-state index contributed by atoms with van der Waals surface area (Å²) in [6.45, 7) is 3.82. The number of rotatable bonds is 4. The molecule has 120 valence electrons. The number of aryl methyl sites for hydroxylation is 1. The topological polar surface area (TPSA) is 104 Å². The molecule has 3 heterocycles. The molecule has 1 N–H and O–H groups in total. The summed E-state index contributed by atoms with van der Waals surface area (Å²) >= 11 is 0. The van der Waals surface area contributed by atoms with Gasteiger partial charge in [-0.15, -0.1) is 0 Å². The van der Waals surface area contributed by atoms with Crippen LogP contribution in [0.25, 0.3) is 0 Å². The second-order valence-electron chi connectivity index (χ2n) is 5.15. The maximum Gasteiger partial charge on any atom is 0.272 e. The van der Waals surface area contributed by atoms with Gasteiger partial charge in [0.1, 0.15) is 11.5 Å². The molecule has 0 aliphatic carbocycles. The molecule has 3 rings (SSSR count). The zero-order valence-electron chi connectivity index (χ0n) is 12.6. The van der Waals surface area contributed by atoms with Gasteiger partial charge in [-0.25, -0.2) is 9.97 Å². The summed E-state index contributed by atoms with van der Waals surface area (Å²) in [7, 11) is 0. The van der Waals surface area contributed by atoms with Crippen LogP contribution in [-0.2, 0) is 4.79 Å². The molecule has 9 nitrogen and oxygen atoms in total. The zero-order valence-corrected chi connectivity index (χ0v) is 12.6. The van der Waals surface area contributed by atoms with Gasteiger partial charge in [-0.3, -0.25) is 9.59 Å². The van der Waals surface area contributed by atoms with Gasteiger partial charge in [0.15, 0.2) is 5.82 Å². The summed E-state index contributed by atoms with van der Waals surface area (Å²) in [6.07, 6.45) is 2.31. The Morgan fingerprint density at radius 3 is 2.78 bits per heavy atom. The summed E-state index contributed by atoms with van der Waals surface area (Å²) in [5.74, 6) is 1.23. The van der Waals surface area contributed by atoms with Crippen LogP contribution in [0.1, 0.15) is 16.2 Å². The highest BCUT2D eigenvalue weighted by Gasteiger charge is 2.22. The lowest BCUT2D eigenvalue weighted by Crippen LogP contribution is -2.48. The molecule has 0 radical (unpaired) electrons. The summed E-state index contributed by atoms with van der Waals surface area (Å²) in [5, 5.41) is 6.68. The van der Waals surface area contributed by atoms with Crippen LogP contribution in [-0.4, -0.2) is 63.4 Å². The van der Waals surface area contributed by atoms with E-state index in [0.717, 1.165) is 6.41 Å². The molecule has 9 heteroatoms. The van der Waals surface area contributed by atoms with Crippen LogP contribution in [0.15, 0.2) is 22.9 Å². The monoisotopic (exact) mass is 316 g/mol. The van der Waals surface area contributed by atoms with Gasteiger partial charge in [0.25, 0.3) is 5.91 Å². The molecule has 1 aliphatic rings.